The van der Waals surface area contributed by atoms with Gasteiger partial charge < -0.3 is 9.73 Å². The van der Waals surface area contributed by atoms with Crippen LogP contribution in [0, 0.1) is 11.8 Å². The van der Waals surface area contributed by atoms with Gasteiger partial charge in [-0.2, -0.15) is 11.8 Å². The monoisotopic (exact) mass is 364 g/mol. The van der Waals surface area contributed by atoms with Crippen LogP contribution in [0.4, 0.5) is 0 Å². The van der Waals surface area contributed by atoms with Crippen LogP contribution in [0.1, 0.15) is 37.9 Å². The van der Waals surface area contributed by atoms with E-state index in [-0.39, 0.29) is 36.1 Å². The number of carbonyl (C=O) groups excluding carboxylic acids is 3. The Morgan fingerprint density at radius 3 is 2.56 bits per heavy atom. The largest absolute Gasteiger partial charge is 0.467 e. The van der Waals surface area contributed by atoms with Crippen molar-refractivity contribution in [3.05, 3.63) is 24.2 Å². The minimum absolute atomic E-state index is 0.158. The molecule has 1 aliphatic carbocycles. The number of furan rings is 1. The number of rotatable bonds is 7. The van der Waals surface area contributed by atoms with E-state index < -0.39 is 6.04 Å². The minimum Gasteiger partial charge on any atom is -0.467 e. The number of amides is 3. The first-order chi connectivity index (χ1) is 12.1. The van der Waals surface area contributed by atoms with E-state index in [4.69, 9.17) is 4.42 Å². The number of imide groups is 1. The van der Waals surface area contributed by atoms with Crippen molar-refractivity contribution in [2.24, 2.45) is 11.8 Å². The second-order valence-corrected chi connectivity index (χ2v) is 7.62. The molecule has 2 aliphatic rings. The van der Waals surface area contributed by atoms with Gasteiger partial charge in [0.2, 0.25) is 17.7 Å². The van der Waals surface area contributed by atoms with E-state index in [1.165, 1.54) is 4.90 Å². The molecule has 1 aliphatic heterocycles. The number of nitrogens with one attached hydrogen (secondary N) is 1. The van der Waals surface area contributed by atoms with Gasteiger partial charge in [-0.1, -0.05) is 12.8 Å². The quantitative estimate of drug-likeness (QED) is 0.750. The number of hydrogen-bond acceptors (Lipinski definition) is 5. The van der Waals surface area contributed by atoms with Gasteiger partial charge in [0.1, 0.15) is 11.8 Å². The molecule has 7 heteroatoms. The highest BCUT2D eigenvalue weighted by molar-refractivity contribution is 7.98. The first-order valence-electron chi connectivity index (χ1n) is 8.79. The second kappa shape index (κ2) is 8.08. The third kappa shape index (κ3) is 3.76. The Hall–Kier alpha value is -1.76. The van der Waals surface area contributed by atoms with Gasteiger partial charge in [-0.3, -0.25) is 19.3 Å². The van der Waals surface area contributed by atoms with Crippen molar-refractivity contribution in [2.75, 3.05) is 12.0 Å². The first kappa shape index (κ1) is 18.0. The summed E-state index contributed by atoms with van der Waals surface area (Å²) in [5.74, 6) is 0.302. The SMILES string of the molecule is CSCCC(C(=O)NCc1ccco1)N1C(=O)C2CCCCC2C1=O. The lowest BCUT2D eigenvalue weighted by Crippen LogP contribution is -2.50. The molecule has 3 rings (SSSR count). The fourth-order valence-corrected chi connectivity index (χ4v) is 4.27. The molecular formula is C18H24N2O4S. The lowest BCUT2D eigenvalue weighted by molar-refractivity contribution is -0.148. The Morgan fingerprint density at radius 1 is 1.32 bits per heavy atom. The third-order valence-corrected chi connectivity index (χ3v) is 5.75. The summed E-state index contributed by atoms with van der Waals surface area (Å²) in [5, 5.41) is 2.81. The number of carbonyl (C=O) groups is 3. The van der Waals surface area contributed by atoms with E-state index in [1.54, 1.807) is 30.2 Å². The van der Waals surface area contributed by atoms with Gasteiger partial charge in [-0.25, -0.2) is 0 Å². The maximum absolute atomic E-state index is 12.8. The summed E-state index contributed by atoms with van der Waals surface area (Å²) in [7, 11) is 0. The highest BCUT2D eigenvalue weighted by atomic mass is 32.2. The molecule has 6 nitrogen and oxygen atoms in total. The fourth-order valence-electron chi connectivity index (χ4n) is 3.81. The fraction of sp³-hybridized carbons (Fsp3) is 0.611. The van der Waals surface area contributed by atoms with E-state index in [9.17, 15) is 14.4 Å². The molecule has 0 spiro atoms. The van der Waals surface area contributed by atoms with Gasteiger partial charge in [0, 0.05) is 0 Å². The summed E-state index contributed by atoms with van der Waals surface area (Å²) in [6, 6.07) is 2.80. The van der Waals surface area contributed by atoms with Crippen LogP contribution in [-0.4, -0.2) is 40.7 Å². The molecule has 1 saturated carbocycles. The molecule has 0 bridgehead atoms. The molecule has 2 heterocycles. The van der Waals surface area contributed by atoms with Gasteiger partial charge in [-0.05, 0) is 43.4 Å². The topological polar surface area (TPSA) is 79.6 Å². The Labute approximate surface area is 151 Å². The zero-order chi connectivity index (χ0) is 17.8. The minimum atomic E-state index is -0.729. The predicted molar refractivity (Wildman–Crippen MR) is 94.6 cm³/mol. The summed E-state index contributed by atoms with van der Waals surface area (Å²) in [5.41, 5.74) is 0. The first-order valence-corrected chi connectivity index (χ1v) is 10.2. The van der Waals surface area contributed by atoms with Gasteiger partial charge in [-0.15, -0.1) is 0 Å². The number of thioether (sulfide) groups is 1. The zero-order valence-electron chi connectivity index (χ0n) is 14.4. The summed E-state index contributed by atoms with van der Waals surface area (Å²) < 4.78 is 5.22. The highest BCUT2D eigenvalue weighted by Crippen LogP contribution is 2.39. The molecule has 25 heavy (non-hydrogen) atoms. The number of likely N-dealkylation sites (tertiary alicyclic amines) is 1. The van der Waals surface area contributed by atoms with Crippen molar-refractivity contribution < 1.29 is 18.8 Å². The Bertz CT molecular complexity index is 607. The van der Waals surface area contributed by atoms with Gasteiger partial charge in [0.05, 0.1) is 24.6 Å². The molecule has 0 radical (unpaired) electrons. The van der Waals surface area contributed by atoms with Crippen molar-refractivity contribution in [3.63, 3.8) is 0 Å². The second-order valence-electron chi connectivity index (χ2n) is 6.64. The molecule has 1 N–H and O–H groups in total. The molecule has 3 amide bonds. The summed E-state index contributed by atoms with van der Waals surface area (Å²) in [4.78, 5) is 39.6. The van der Waals surface area contributed by atoms with Crippen LogP contribution in [-0.2, 0) is 20.9 Å². The smallest absolute Gasteiger partial charge is 0.243 e. The van der Waals surface area contributed by atoms with Gasteiger partial charge >= 0.3 is 0 Å². The Balaban J connectivity index is 1.73. The van der Waals surface area contributed by atoms with Crippen LogP contribution in [0.3, 0.4) is 0 Å². The van der Waals surface area contributed by atoms with Crippen LogP contribution in [0.15, 0.2) is 22.8 Å². The lowest BCUT2D eigenvalue weighted by Gasteiger charge is -2.25. The zero-order valence-corrected chi connectivity index (χ0v) is 15.2. The predicted octanol–water partition coefficient (Wildman–Crippen LogP) is 2.19. The van der Waals surface area contributed by atoms with Crippen LogP contribution in [0.5, 0.6) is 0 Å². The Kier molecular flexibility index (Phi) is 5.83. The molecule has 1 aromatic rings. The number of nitrogens with zero attached hydrogens (tertiary/aromatic N) is 1. The molecule has 1 aromatic heterocycles. The van der Waals surface area contributed by atoms with Crippen LogP contribution in [0.25, 0.3) is 0 Å². The van der Waals surface area contributed by atoms with Crippen molar-refractivity contribution in [2.45, 2.75) is 44.7 Å². The molecular weight excluding hydrogens is 340 g/mol. The third-order valence-electron chi connectivity index (χ3n) is 5.10. The normalized spacial score (nSPS) is 24.3. The molecule has 3 atom stereocenters. The van der Waals surface area contributed by atoms with Crippen LogP contribution in [0.2, 0.25) is 0 Å². The summed E-state index contributed by atoms with van der Waals surface area (Å²) in [6.45, 7) is 0.255. The lowest BCUT2D eigenvalue weighted by atomic mass is 9.81. The van der Waals surface area contributed by atoms with Crippen molar-refractivity contribution in [1.82, 2.24) is 10.2 Å². The molecule has 3 unspecified atom stereocenters. The average molecular weight is 364 g/mol. The summed E-state index contributed by atoms with van der Waals surface area (Å²) in [6.07, 6.45) is 7.45. The summed E-state index contributed by atoms with van der Waals surface area (Å²) >= 11 is 1.60. The molecule has 136 valence electrons. The van der Waals surface area contributed by atoms with Gasteiger partial charge in [0.25, 0.3) is 0 Å². The van der Waals surface area contributed by atoms with Gasteiger partial charge in [0.15, 0.2) is 0 Å². The maximum Gasteiger partial charge on any atom is 0.243 e. The van der Waals surface area contributed by atoms with Crippen LogP contribution >= 0.6 is 11.8 Å². The number of fused-ring (bicyclic) bond motifs is 1. The average Bonchev–Trinajstić information content (AvgIpc) is 3.23. The van der Waals surface area contributed by atoms with Crippen molar-refractivity contribution in [3.8, 4) is 0 Å². The highest BCUT2D eigenvalue weighted by Gasteiger charge is 2.51. The van der Waals surface area contributed by atoms with Crippen molar-refractivity contribution in [1.29, 1.82) is 0 Å². The van der Waals surface area contributed by atoms with Crippen molar-refractivity contribution >= 4 is 29.5 Å². The molecule has 1 saturated heterocycles. The maximum atomic E-state index is 12.8. The number of hydrogen-bond donors (Lipinski definition) is 1. The van der Waals surface area contributed by atoms with E-state index in [2.05, 4.69) is 5.32 Å². The van der Waals surface area contributed by atoms with Crippen LogP contribution < -0.4 is 5.32 Å². The molecule has 2 fully saturated rings. The van der Waals surface area contributed by atoms with E-state index in [0.29, 0.717) is 17.9 Å². The van der Waals surface area contributed by atoms with E-state index in [1.807, 2.05) is 6.26 Å². The van der Waals surface area contributed by atoms with E-state index in [0.717, 1.165) is 25.7 Å². The van der Waals surface area contributed by atoms with E-state index >= 15 is 0 Å². The standard InChI is InChI=1S/C18H24N2O4S/c1-25-10-8-15(16(21)19-11-12-5-4-9-24-12)20-17(22)13-6-2-3-7-14(13)18(20)23/h4-5,9,13-15H,2-3,6-8,10-11H2,1H3,(H,19,21). The Morgan fingerprint density at radius 2 is 2.00 bits per heavy atom. The molecule has 0 aromatic carbocycles.